The largest absolute Gasteiger partial charge is 0.493 e. The van der Waals surface area contributed by atoms with Gasteiger partial charge in [-0.05, 0) is 51.6 Å². The number of pyridine rings is 1. The second-order valence-corrected chi connectivity index (χ2v) is 20.9. The second kappa shape index (κ2) is 13.2. The maximum Gasteiger partial charge on any atom is 0.410 e. The van der Waals surface area contributed by atoms with Crippen molar-refractivity contribution in [3.05, 3.63) is 35.4 Å². The Labute approximate surface area is 270 Å². The van der Waals surface area contributed by atoms with E-state index in [1.807, 2.05) is 48.8 Å². The van der Waals surface area contributed by atoms with Crippen LogP contribution in [0.2, 0.25) is 25.7 Å². The van der Waals surface area contributed by atoms with E-state index < -0.39 is 13.7 Å². The lowest BCUT2D eigenvalue weighted by Crippen LogP contribution is -2.41. The summed E-state index contributed by atoms with van der Waals surface area (Å²) in [5.74, 6) is 1.10. The molecule has 0 radical (unpaired) electrons. The molecule has 1 aliphatic rings. The average molecular weight is 654 g/mol. The molecule has 5 heterocycles. The number of piperidine rings is 1. The summed E-state index contributed by atoms with van der Waals surface area (Å²) in [6.45, 7) is 19.5. The number of thiazole rings is 1. The summed E-state index contributed by atoms with van der Waals surface area (Å²) in [4.78, 5) is 24.7. The first-order valence-electron chi connectivity index (χ1n) is 15.7. The van der Waals surface area contributed by atoms with E-state index in [9.17, 15) is 4.79 Å². The van der Waals surface area contributed by atoms with E-state index in [-0.39, 0.29) is 17.9 Å². The predicted molar refractivity (Wildman–Crippen MR) is 180 cm³/mol. The van der Waals surface area contributed by atoms with Crippen LogP contribution >= 0.6 is 11.3 Å². The summed E-state index contributed by atoms with van der Waals surface area (Å²) >= 11 is 1.70. The van der Waals surface area contributed by atoms with Crippen LogP contribution in [0.1, 0.15) is 69.9 Å². The molecule has 0 bridgehead atoms. The van der Waals surface area contributed by atoms with Crippen LogP contribution in [-0.2, 0) is 16.2 Å². The smallest absolute Gasteiger partial charge is 0.410 e. The maximum atomic E-state index is 12.6. The molecular weight excluding hydrogens is 607 g/mol. The second-order valence-electron chi connectivity index (χ2n) is 14.2. The summed E-state index contributed by atoms with van der Waals surface area (Å²) in [5, 5.41) is 10.7. The molecule has 1 amide bonds. The first-order valence-corrected chi connectivity index (χ1v) is 20.3. The Balaban J connectivity index is 1.47. The van der Waals surface area contributed by atoms with E-state index in [4.69, 9.17) is 24.3 Å². The zero-order valence-electron chi connectivity index (χ0n) is 28.1. The number of likely N-dealkylation sites (tertiary alicyclic amines) is 1. The number of carbonyl (C=O) groups excluding carboxylic acids is 1. The van der Waals surface area contributed by atoms with Crippen molar-refractivity contribution in [1.29, 1.82) is 0 Å². The van der Waals surface area contributed by atoms with Crippen LogP contribution in [0.15, 0.2) is 24.8 Å². The monoisotopic (exact) mass is 653 g/mol. The van der Waals surface area contributed by atoms with Gasteiger partial charge < -0.3 is 19.1 Å². The first-order chi connectivity index (χ1) is 21.2. The number of hydrogen-bond donors (Lipinski definition) is 0. The predicted octanol–water partition coefficient (Wildman–Crippen LogP) is 7.28. The minimum atomic E-state index is -1.24. The number of aromatic nitrogens is 6. The molecule has 0 N–H and O–H groups in total. The number of ether oxygens (including phenoxy) is 3. The van der Waals surface area contributed by atoms with Crippen LogP contribution in [0.25, 0.3) is 27.5 Å². The zero-order chi connectivity index (χ0) is 32.5. The quantitative estimate of drug-likeness (QED) is 0.130. The van der Waals surface area contributed by atoms with Gasteiger partial charge in [0.1, 0.15) is 24.4 Å². The van der Waals surface area contributed by atoms with Crippen LogP contribution in [0.3, 0.4) is 0 Å². The van der Waals surface area contributed by atoms with E-state index in [0.717, 1.165) is 51.3 Å². The van der Waals surface area contributed by atoms with E-state index in [0.29, 0.717) is 37.8 Å². The minimum Gasteiger partial charge on any atom is -0.493 e. The van der Waals surface area contributed by atoms with Crippen LogP contribution in [0, 0.1) is 0 Å². The SMILES string of the molecule is COc1cc(-c2c(C(C)C)c(-c3cnc(C4CCN(C(=O)OC(C)(C)C)CC4)s3)nn2COCC[Si](C)(C)C)cn2ncnc12. The van der Waals surface area contributed by atoms with Crippen molar-refractivity contribution < 1.29 is 19.0 Å². The molecule has 0 unspecified atom stereocenters. The molecular formula is C32H47N7O4SSi. The fourth-order valence-electron chi connectivity index (χ4n) is 5.53. The van der Waals surface area contributed by atoms with Gasteiger partial charge >= 0.3 is 6.09 Å². The zero-order valence-corrected chi connectivity index (χ0v) is 29.9. The Hall–Kier alpha value is -3.29. The topological polar surface area (TPSA) is 109 Å². The highest BCUT2D eigenvalue weighted by molar-refractivity contribution is 7.15. The van der Waals surface area contributed by atoms with Gasteiger partial charge in [-0.1, -0.05) is 33.5 Å². The summed E-state index contributed by atoms with van der Waals surface area (Å²) in [6, 6.07) is 3.09. The van der Waals surface area contributed by atoms with Gasteiger partial charge in [0.15, 0.2) is 11.4 Å². The average Bonchev–Trinajstić information content (AvgIpc) is 3.72. The third-order valence-corrected chi connectivity index (χ3v) is 10.7. The highest BCUT2D eigenvalue weighted by Gasteiger charge is 2.30. The van der Waals surface area contributed by atoms with Crippen LogP contribution in [-0.4, -0.2) is 80.8 Å². The molecule has 1 saturated heterocycles. The van der Waals surface area contributed by atoms with E-state index in [1.165, 1.54) is 6.33 Å². The molecule has 0 spiro atoms. The molecule has 0 atom stereocenters. The van der Waals surface area contributed by atoms with Crippen LogP contribution in [0.4, 0.5) is 4.79 Å². The molecule has 0 aliphatic carbocycles. The number of amides is 1. The molecule has 11 nitrogen and oxygen atoms in total. The molecule has 244 valence electrons. The van der Waals surface area contributed by atoms with Gasteiger partial charge in [0, 0.05) is 57.2 Å². The molecule has 45 heavy (non-hydrogen) atoms. The summed E-state index contributed by atoms with van der Waals surface area (Å²) < 4.78 is 21.3. The van der Waals surface area contributed by atoms with E-state index in [2.05, 4.69) is 43.6 Å². The van der Waals surface area contributed by atoms with Gasteiger partial charge in [-0.25, -0.2) is 24.0 Å². The summed E-state index contributed by atoms with van der Waals surface area (Å²) in [5.41, 5.74) is 4.11. The third kappa shape index (κ3) is 7.75. The van der Waals surface area contributed by atoms with Gasteiger partial charge in [-0.3, -0.25) is 0 Å². The normalized spacial score (nSPS) is 14.9. The minimum absolute atomic E-state index is 0.172. The Morgan fingerprint density at radius 1 is 1.16 bits per heavy atom. The van der Waals surface area contributed by atoms with Gasteiger partial charge in [0.25, 0.3) is 0 Å². The Morgan fingerprint density at radius 2 is 1.89 bits per heavy atom. The highest BCUT2D eigenvalue weighted by atomic mass is 32.1. The molecule has 13 heteroatoms. The molecule has 1 aliphatic heterocycles. The molecule has 0 aromatic carbocycles. The van der Waals surface area contributed by atoms with Crippen molar-refractivity contribution in [2.75, 3.05) is 26.8 Å². The van der Waals surface area contributed by atoms with Gasteiger partial charge in [-0.2, -0.15) is 10.2 Å². The standard InChI is InChI=1S/C32H47N7O4SSi/c1-21(2)26-27(25-17-33-30(44-25)22-10-12-37(13-11-22)31(40)43-32(3,4)5)36-39(20-42-14-15-45(7,8)9)28(26)23-16-24(41-6)29-34-19-35-38(29)18-23/h16-19,21-22H,10-15,20H2,1-9H3. The van der Waals surface area contributed by atoms with Gasteiger partial charge in [0.2, 0.25) is 0 Å². The summed E-state index contributed by atoms with van der Waals surface area (Å²) in [7, 11) is 0.404. The number of nitrogens with zero attached hydrogens (tertiary/aromatic N) is 7. The maximum absolute atomic E-state index is 12.6. The van der Waals surface area contributed by atoms with Crippen molar-refractivity contribution in [2.24, 2.45) is 0 Å². The van der Waals surface area contributed by atoms with E-state index in [1.54, 1.807) is 23.0 Å². The number of rotatable bonds is 10. The number of fused-ring (bicyclic) bond motifs is 1. The highest BCUT2D eigenvalue weighted by Crippen LogP contribution is 2.42. The van der Waals surface area contributed by atoms with Gasteiger partial charge in [0.05, 0.1) is 22.7 Å². The van der Waals surface area contributed by atoms with Crippen molar-refractivity contribution in [1.82, 2.24) is 34.3 Å². The molecule has 0 saturated carbocycles. The fraction of sp³-hybridized carbons (Fsp3) is 0.594. The van der Waals surface area contributed by atoms with Crippen molar-refractivity contribution in [2.45, 2.75) is 97.3 Å². The Kier molecular flexibility index (Phi) is 9.71. The van der Waals surface area contributed by atoms with Gasteiger partial charge in [-0.15, -0.1) is 11.3 Å². The van der Waals surface area contributed by atoms with Crippen molar-refractivity contribution in [3.8, 4) is 27.6 Å². The molecule has 4 aromatic heterocycles. The summed E-state index contributed by atoms with van der Waals surface area (Å²) in [6.07, 6.45) is 6.93. The van der Waals surface area contributed by atoms with Crippen molar-refractivity contribution >= 4 is 31.2 Å². The number of hydrogen-bond acceptors (Lipinski definition) is 9. The van der Waals surface area contributed by atoms with Crippen LogP contribution < -0.4 is 4.74 Å². The number of methoxy groups -OCH3 is 1. The van der Waals surface area contributed by atoms with Crippen LogP contribution in [0.5, 0.6) is 5.75 Å². The Bertz CT molecular complexity index is 1620. The molecule has 4 aromatic rings. The lowest BCUT2D eigenvalue weighted by molar-refractivity contribution is 0.0204. The molecule has 1 fully saturated rings. The number of carbonyl (C=O) groups is 1. The lowest BCUT2D eigenvalue weighted by Gasteiger charge is -2.32. The third-order valence-electron chi connectivity index (χ3n) is 7.86. The first kappa shape index (κ1) is 33.1. The van der Waals surface area contributed by atoms with E-state index >= 15 is 0 Å². The lowest BCUT2D eigenvalue weighted by atomic mass is 9.96. The fourth-order valence-corrected chi connectivity index (χ4v) is 7.37. The molecule has 5 rings (SSSR count). The Morgan fingerprint density at radius 3 is 2.53 bits per heavy atom. The van der Waals surface area contributed by atoms with Crippen molar-refractivity contribution in [3.63, 3.8) is 0 Å².